The van der Waals surface area contributed by atoms with Gasteiger partial charge in [-0.25, -0.2) is 9.67 Å². The highest BCUT2D eigenvalue weighted by Crippen LogP contribution is 2.32. The van der Waals surface area contributed by atoms with Gasteiger partial charge in [-0.3, -0.25) is 29.7 Å². The molecule has 1 atom stereocenters. The number of piperidine rings is 1. The standard InChI is InChI=1S/C44H48N10O3/c1-28-23-32(9-10-33(28)25-46-43(57)38-27-54(51-48-38)44(2,3)4)40-37-24-34(26-45-41(37)50-49-40)30-11-13-35(14-12-30)53-21-19-52(20-22-53)18-17-29-5-7-31(8-6-29)36-15-16-39(55)47-42(36)56/h5-14,23-24,26-27,36H,15-22,25H2,1-4H3,(H,46,57)(H,45,49,50)(H,47,55,56)/t36-/m1/s1. The highest BCUT2D eigenvalue weighted by molar-refractivity contribution is 6.01. The first-order chi connectivity index (χ1) is 27.5. The van der Waals surface area contributed by atoms with Crippen LogP contribution in [0.5, 0.6) is 0 Å². The Kier molecular flexibility index (Phi) is 10.4. The number of amides is 3. The van der Waals surface area contributed by atoms with Crippen LogP contribution in [-0.4, -0.2) is 85.5 Å². The Hall–Kier alpha value is -6.21. The number of hydrogen-bond acceptors (Lipinski definition) is 9. The molecule has 0 spiro atoms. The number of aromatic amines is 1. The van der Waals surface area contributed by atoms with Crippen molar-refractivity contribution in [1.29, 1.82) is 0 Å². The maximum absolute atomic E-state index is 12.8. The average Bonchev–Trinajstić information content (AvgIpc) is 3.89. The minimum absolute atomic E-state index is 0.182. The van der Waals surface area contributed by atoms with Crippen LogP contribution in [0.15, 0.2) is 85.2 Å². The SMILES string of the molecule is Cc1cc(-c2[nH]nc3ncc(-c4ccc(N5CCN(CCc6ccc([C@H]7CCC(=O)NC7=O)cc6)CC5)cc4)cc23)ccc1CNC(=O)c1cn(C(C)(C)C)nn1. The van der Waals surface area contributed by atoms with E-state index >= 15 is 0 Å². The van der Waals surface area contributed by atoms with Gasteiger partial charge in [-0.05, 0) is 92.6 Å². The lowest BCUT2D eigenvalue weighted by Crippen LogP contribution is -2.47. The topological polar surface area (TPSA) is 154 Å². The summed E-state index contributed by atoms with van der Waals surface area (Å²) in [5, 5.41) is 22.2. The number of carbonyl (C=O) groups is 3. The number of pyridine rings is 1. The van der Waals surface area contributed by atoms with Gasteiger partial charge in [0.25, 0.3) is 5.91 Å². The van der Waals surface area contributed by atoms with Crippen molar-refractivity contribution < 1.29 is 14.4 Å². The molecule has 292 valence electrons. The molecule has 2 aliphatic heterocycles. The Balaban J connectivity index is 0.854. The molecule has 3 amide bonds. The van der Waals surface area contributed by atoms with Crippen LogP contribution in [0.2, 0.25) is 0 Å². The van der Waals surface area contributed by atoms with Gasteiger partial charge in [-0.2, -0.15) is 5.10 Å². The number of anilines is 1. The maximum Gasteiger partial charge on any atom is 0.273 e. The highest BCUT2D eigenvalue weighted by Gasteiger charge is 2.28. The zero-order valence-corrected chi connectivity index (χ0v) is 32.9. The van der Waals surface area contributed by atoms with Gasteiger partial charge in [-0.1, -0.05) is 53.7 Å². The fraction of sp³-hybridized carbons (Fsp3) is 0.341. The number of nitrogens with zero attached hydrogens (tertiary/aromatic N) is 7. The van der Waals surface area contributed by atoms with Crippen molar-refractivity contribution >= 4 is 34.4 Å². The van der Waals surface area contributed by atoms with Crippen molar-refractivity contribution in [1.82, 2.24) is 45.7 Å². The molecule has 13 nitrogen and oxygen atoms in total. The van der Waals surface area contributed by atoms with Crippen molar-refractivity contribution in [3.8, 4) is 22.4 Å². The van der Waals surface area contributed by atoms with Gasteiger partial charge in [0.15, 0.2) is 11.3 Å². The van der Waals surface area contributed by atoms with Crippen LogP contribution in [0.3, 0.4) is 0 Å². The van der Waals surface area contributed by atoms with Crippen LogP contribution in [0.1, 0.15) is 72.3 Å². The third kappa shape index (κ3) is 8.34. The molecule has 2 saturated heterocycles. The van der Waals surface area contributed by atoms with E-state index in [-0.39, 0.29) is 29.2 Å². The molecule has 0 saturated carbocycles. The largest absolute Gasteiger partial charge is 0.369 e. The smallest absolute Gasteiger partial charge is 0.273 e. The third-order valence-corrected chi connectivity index (χ3v) is 11.2. The van der Waals surface area contributed by atoms with E-state index in [4.69, 9.17) is 0 Å². The fourth-order valence-electron chi connectivity index (χ4n) is 7.60. The fourth-order valence-corrected chi connectivity index (χ4v) is 7.60. The van der Waals surface area contributed by atoms with Crippen LogP contribution in [0.4, 0.5) is 5.69 Å². The van der Waals surface area contributed by atoms with Gasteiger partial charge >= 0.3 is 0 Å². The number of piperazine rings is 1. The summed E-state index contributed by atoms with van der Waals surface area (Å²) in [5.74, 6) is -0.876. The van der Waals surface area contributed by atoms with Gasteiger partial charge < -0.3 is 10.2 Å². The summed E-state index contributed by atoms with van der Waals surface area (Å²) in [4.78, 5) is 46.2. The number of nitrogens with one attached hydrogen (secondary N) is 3. The molecule has 0 bridgehead atoms. The predicted octanol–water partition coefficient (Wildman–Crippen LogP) is 5.76. The number of aromatic nitrogens is 6. The van der Waals surface area contributed by atoms with E-state index < -0.39 is 0 Å². The van der Waals surface area contributed by atoms with E-state index in [0.29, 0.717) is 30.7 Å². The van der Waals surface area contributed by atoms with Crippen LogP contribution in [0.25, 0.3) is 33.4 Å². The van der Waals surface area contributed by atoms with Crippen molar-refractivity contribution in [2.75, 3.05) is 37.6 Å². The minimum atomic E-state index is -0.260. The lowest BCUT2D eigenvalue weighted by molar-refractivity contribution is -0.134. The summed E-state index contributed by atoms with van der Waals surface area (Å²) in [6.45, 7) is 13.4. The zero-order valence-electron chi connectivity index (χ0n) is 32.9. The lowest BCUT2D eigenvalue weighted by Gasteiger charge is -2.36. The number of carbonyl (C=O) groups excluding carboxylic acids is 3. The number of rotatable bonds is 10. The normalized spacial score (nSPS) is 16.6. The Morgan fingerprint density at radius 3 is 2.37 bits per heavy atom. The van der Waals surface area contributed by atoms with E-state index in [1.54, 1.807) is 10.9 Å². The summed E-state index contributed by atoms with van der Waals surface area (Å²) in [6, 6.07) is 25.4. The summed E-state index contributed by atoms with van der Waals surface area (Å²) >= 11 is 0. The molecular weight excluding hydrogens is 717 g/mol. The van der Waals surface area contributed by atoms with Crippen LogP contribution in [-0.2, 0) is 28.1 Å². The Morgan fingerprint density at radius 1 is 0.912 bits per heavy atom. The molecule has 0 radical (unpaired) electrons. The molecule has 6 aromatic rings. The minimum Gasteiger partial charge on any atom is -0.369 e. The summed E-state index contributed by atoms with van der Waals surface area (Å²) < 4.78 is 1.69. The maximum atomic E-state index is 12.8. The second-order valence-corrected chi connectivity index (χ2v) is 16.1. The van der Waals surface area contributed by atoms with Gasteiger partial charge in [-0.15, -0.1) is 5.10 Å². The molecule has 2 aliphatic rings. The third-order valence-electron chi connectivity index (χ3n) is 11.2. The van der Waals surface area contributed by atoms with Crippen LogP contribution >= 0.6 is 0 Å². The average molecular weight is 765 g/mol. The molecule has 3 N–H and O–H groups in total. The Bertz CT molecular complexity index is 2420. The van der Waals surface area contributed by atoms with E-state index in [0.717, 1.165) is 83.6 Å². The second-order valence-electron chi connectivity index (χ2n) is 16.1. The van der Waals surface area contributed by atoms with Gasteiger partial charge in [0.1, 0.15) is 0 Å². The van der Waals surface area contributed by atoms with Crippen molar-refractivity contribution in [3.05, 3.63) is 113 Å². The zero-order chi connectivity index (χ0) is 39.7. The van der Waals surface area contributed by atoms with E-state index in [2.05, 4.69) is 94.5 Å². The Labute approximate surface area is 331 Å². The Morgan fingerprint density at radius 2 is 1.67 bits per heavy atom. The van der Waals surface area contributed by atoms with Gasteiger partial charge in [0.05, 0.1) is 23.3 Å². The molecular formula is C44H48N10O3. The molecule has 3 aromatic heterocycles. The number of H-pyrrole nitrogens is 1. The summed E-state index contributed by atoms with van der Waals surface area (Å²) in [6.07, 6.45) is 5.47. The molecule has 13 heteroatoms. The quantitative estimate of drug-likeness (QED) is 0.148. The van der Waals surface area contributed by atoms with Crippen LogP contribution in [0, 0.1) is 6.92 Å². The molecule has 2 fully saturated rings. The molecule has 8 rings (SSSR count). The predicted molar refractivity (Wildman–Crippen MR) is 220 cm³/mol. The number of hydrogen-bond donors (Lipinski definition) is 3. The summed E-state index contributed by atoms with van der Waals surface area (Å²) in [7, 11) is 0. The molecule has 57 heavy (non-hydrogen) atoms. The summed E-state index contributed by atoms with van der Waals surface area (Å²) in [5.41, 5.74) is 10.2. The number of benzene rings is 3. The van der Waals surface area contributed by atoms with E-state index in [1.165, 1.54) is 11.3 Å². The first-order valence-electron chi connectivity index (χ1n) is 19.6. The second kappa shape index (κ2) is 15.7. The van der Waals surface area contributed by atoms with Crippen molar-refractivity contribution in [2.24, 2.45) is 0 Å². The number of aryl methyl sites for hydroxylation is 1. The van der Waals surface area contributed by atoms with Crippen molar-refractivity contribution in [2.45, 2.75) is 65.0 Å². The molecule has 0 unspecified atom stereocenters. The molecule has 3 aromatic carbocycles. The van der Waals surface area contributed by atoms with Crippen LogP contribution < -0.4 is 15.5 Å². The number of fused-ring (bicyclic) bond motifs is 1. The number of imide groups is 1. The molecule has 5 heterocycles. The monoisotopic (exact) mass is 764 g/mol. The molecule has 0 aliphatic carbocycles. The van der Waals surface area contributed by atoms with Crippen molar-refractivity contribution in [3.63, 3.8) is 0 Å². The lowest BCUT2D eigenvalue weighted by atomic mass is 9.90. The van der Waals surface area contributed by atoms with E-state index in [1.807, 2.05) is 58.2 Å². The highest BCUT2D eigenvalue weighted by atomic mass is 16.2. The first kappa shape index (κ1) is 37.7. The van der Waals surface area contributed by atoms with Gasteiger partial charge in [0.2, 0.25) is 11.8 Å². The van der Waals surface area contributed by atoms with E-state index in [9.17, 15) is 14.4 Å². The van der Waals surface area contributed by atoms with Gasteiger partial charge in [0, 0.05) is 74.1 Å². The first-order valence-corrected chi connectivity index (χ1v) is 19.6.